The molecule has 0 aliphatic carbocycles. The summed E-state index contributed by atoms with van der Waals surface area (Å²) in [6.07, 6.45) is 0.682. The zero-order valence-electron chi connectivity index (χ0n) is 11.1. The predicted molar refractivity (Wildman–Crippen MR) is 75.9 cm³/mol. The monoisotopic (exact) mass is 313 g/mol. The normalized spacial score (nSPS) is 10.6. The molecule has 0 aliphatic rings. The largest absolute Gasteiger partial charge is 0.337 e. The smallest absolute Gasteiger partial charge is 0.255 e. The lowest BCUT2D eigenvalue weighted by Gasteiger charge is -2.15. The van der Waals surface area contributed by atoms with Crippen molar-refractivity contribution in [1.82, 2.24) is 15.0 Å². The van der Waals surface area contributed by atoms with Gasteiger partial charge in [0.25, 0.3) is 5.91 Å². The number of benzene rings is 1. The number of hydrogen-bond donors (Lipinski definition) is 0. The fourth-order valence-electron chi connectivity index (χ4n) is 1.65. The molecule has 1 aromatic carbocycles. The maximum atomic E-state index is 12.3. The highest BCUT2D eigenvalue weighted by Gasteiger charge is 2.18. The fraction of sp³-hybridized carbons (Fsp3) is 0.308. The molecule has 0 aliphatic heterocycles. The highest BCUT2D eigenvalue weighted by atomic mass is 35.5. The van der Waals surface area contributed by atoms with Crippen molar-refractivity contribution in [2.24, 2.45) is 0 Å². The summed E-state index contributed by atoms with van der Waals surface area (Å²) in [4.78, 5) is 17.9. The van der Waals surface area contributed by atoms with E-state index < -0.39 is 0 Å². The van der Waals surface area contributed by atoms with Crippen LogP contribution in [0.15, 0.2) is 22.7 Å². The Morgan fingerprint density at radius 3 is 2.80 bits per heavy atom. The molecular weight excluding hydrogens is 301 g/mol. The number of hydrogen-bond acceptors (Lipinski definition) is 4. The van der Waals surface area contributed by atoms with Crippen LogP contribution in [0.5, 0.6) is 0 Å². The first-order valence-electron chi connectivity index (χ1n) is 6.03. The van der Waals surface area contributed by atoms with Crippen LogP contribution in [0.2, 0.25) is 10.0 Å². The topological polar surface area (TPSA) is 59.2 Å². The SMILES string of the molecule is CCc1noc(CN(C)C(=O)c2cccc(Cl)c2Cl)n1. The van der Waals surface area contributed by atoms with E-state index in [1.807, 2.05) is 6.92 Å². The summed E-state index contributed by atoms with van der Waals surface area (Å²) in [6, 6.07) is 4.93. The van der Waals surface area contributed by atoms with Gasteiger partial charge in [-0.05, 0) is 12.1 Å². The van der Waals surface area contributed by atoms with Gasteiger partial charge in [-0.3, -0.25) is 4.79 Å². The van der Waals surface area contributed by atoms with Crippen LogP contribution in [0.1, 0.15) is 29.0 Å². The molecule has 106 valence electrons. The molecule has 0 saturated heterocycles. The molecule has 0 N–H and O–H groups in total. The van der Waals surface area contributed by atoms with Crippen molar-refractivity contribution in [1.29, 1.82) is 0 Å². The zero-order valence-corrected chi connectivity index (χ0v) is 12.6. The average molecular weight is 314 g/mol. The van der Waals surface area contributed by atoms with E-state index >= 15 is 0 Å². The van der Waals surface area contributed by atoms with Crippen LogP contribution >= 0.6 is 23.2 Å². The summed E-state index contributed by atoms with van der Waals surface area (Å²) in [5.74, 6) is 0.742. The van der Waals surface area contributed by atoms with Crippen molar-refractivity contribution in [2.45, 2.75) is 19.9 Å². The Balaban J connectivity index is 2.14. The highest BCUT2D eigenvalue weighted by molar-refractivity contribution is 6.43. The van der Waals surface area contributed by atoms with Gasteiger partial charge in [-0.15, -0.1) is 0 Å². The van der Waals surface area contributed by atoms with Gasteiger partial charge in [0.05, 0.1) is 22.2 Å². The standard InChI is InChI=1S/C13H13Cl2N3O2/c1-3-10-16-11(20-17-10)7-18(2)13(19)8-5-4-6-9(14)12(8)15/h4-6H,3,7H2,1-2H3. The number of carbonyl (C=O) groups excluding carboxylic acids is 1. The molecule has 0 atom stereocenters. The number of carbonyl (C=O) groups is 1. The molecule has 1 amide bonds. The Labute approximate surface area is 126 Å². The number of aryl methyl sites for hydroxylation is 1. The van der Waals surface area contributed by atoms with Crippen LogP contribution in [0, 0.1) is 0 Å². The summed E-state index contributed by atoms with van der Waals surface area (Å²) in [7, 11) is 1.63. The van der Waals surface area contributed by atoms with E-state index in [1.54, 1.807) is 25.2 Å². The van der Waals surface area contributed by atoms with E-state index in [0.717, 1.165) is 0 Å². The number of amides is 1. The van der Waals surface area contributed by atoms with Gasteiger partial charge in [-0.25, -0.2) is 0 Å². The molecule has 2 rings (SSSR count). The molecule has 0 radical (unpaired) electrons. The third kappa shape index (κ3) is 3.11. The molecule has 2 aromatic rings. The molecule has 7 heteroatoms. The average Bonchev–Trinajstić information content (AvgIpc) is 2.88. The first-order chi connectivity index (χ1) is 9.52. The zero-order chi connectivity index (χ0) is 14.7. The van der Waals surface area contributed by atoms with Gasteiger partial charge < -0.3 is 9.42 Å². The molecular formula is C13H13Cl2N3O2. The van der Waals surface area contributed by atoms with Crippen LogP contribution in [-0.2, 0) is 13.0 Å². The summed E-state index contributed by atoms with van der Waals surface area (Å²) >= 11 is 11.9. The van der Waals surface area contributed by atoms with Crippen LogP contribution in [0.4, 0.5) is 0 Å². The van der Waals surface area contributed by atoms with Crippen molar-refractivity contribution in [3.05, 3.63) is 45.5 Å². The number of halogens is 2. The van der Waals surface area contributed by atoms with E-state index in [0.29, 0.717) is 28.7 Å². The van der Waals surface area contributed by atoms with E-state index in [9.17, 15) is 4.79 Å². The van der Waals surface area contributed by atoms with E-state index in [-0.39, 0.29) is 17.5 Å². The number of rotatable bonds is 4. The first kappa shape index (κ1) is 14.8. The third-order valence-electron chi connectivity index (χ3n) is 2.73. The molecule has 5 nitrogen and oxygen atoms in total. The van der Waals surface area contributed by atoms with Crippen molar-refractivity contribution in [3.63, 3.8) is 0 Å². The van der Waals surface area contributed by atoms with E-state index in [1.165, 1.54) is 4.90 Å². The second kappa shape index (κ2) is 6.24. The third-order valence-corrected chi connectivity index (χ3v) is 3.55. The molecule has 0 saturated carbocycles. The van der Waals surface area contributed by atoms with Crippen molar-refractivity contribution in [2.75, 3.05) is 7.05 Å². The second-order valence-corrected chi connectivity index (χ2v) is 5.01. The molecule has 20 heavy (non-hydrogen) atoms. The minimum Gasteiger partial charge on any atom is -0.337 e. The molecule has 0 bridgehead atoms. The van der Waals surface area contributed by atoms with Gasteiger partial charge in [-0.2, -0.15) is 4.98 Å². The molecule has 0 unspecified atom stereocenters. The lowest BCUT2D eigenvalue weighted by atomic mass is 10.2. The van der Waals surface area contributed by atoms with Gasteiger partial charge in [0.2, 0.25) is 5.89 Å². The summed E-state index contributed by atoms with van der Waals surface area (Å²) in [6.45, 7) is 2.14. The Bertz CT molecular complexity index is 628. The Morgan fingerprint density at radius 1 is 1.40 bits per heavy atom. The number of nitrogens with zero attached hydrogens (tertiary/aromatic N) is 3. The Kier molecular flexibility index (Phi) is 4.62. The first-order valence-corrected chi connectivity index (χ1v) is 6.79. The van der Waals surface area contributed by atoms with Crippen LogP contribution in [0.3, 0.4) is 0 Å². The summed E-state index contributed by atoms with van der Waals surface area (Å²) in [5.41, 5.74) is 0.344. The number of aromatic nitrogens is 2. The summed E-state index contributed by atoms with van der Waals surface area (Å²) in [5, 5.41) is 4.37. The van der Waals surface area contributed by atoms with Crippen LogP contribution in [-0.4, -0.2) is 28.0 Å². The van der Waals surface area contributed by atoms with Crippen molar-refractivity contribution >= 4 is 29.1 Å². The second-order valence-electron chi connectivity index (χ2n) is 4.22. The van der Waals surface area contributed by atoms with E-state index in [4.69, 9.17) is 27.7 Å². The highest BCUT2D eigenvalue weighted by Crippen LogP contribution is 2.26. The van der Waals surface area contributed by atoms with Gasteiger partial charge in [0, 0.05) is 13.5 Å². The Hall–Kier alpha value is -1.59. The van der Waals surface area contributed by atoms with E-state index in [2.05, 4.69) is 10.1 Å². The van der Waals surface area contributed by atoms with Crippen LogP contribution in [0.25, 0.3) is 0 Å². The molecule has 0 fully saturated rings. The minimum atomic E-state index is -0.256. The quantitative estimate of drug-likeness (QED) is 0.869. The maximum absolute atomic E-state index is 12.3. The maximum Gasteiger partial charge on any atom is 0.255 e. The molecule has 1 aromatic heterocycles. The minimum absolute atomic E-state index is 0.217. The Morgan fingerprint density at radius 2 is 2.15 bits per heavy atom. The van der Waals surface area contributed by atoms with Gasteiger partial charge in [0.15, 0.2) is 5.82 Å². The molecule has 0 spiro atoms. The van der Waals surface area contributed by atoms with Crippen molar-refractivity contribution in [3.8, 4) is 0 Å². The fourth-order valence-corrected chi connectivity index (χ4v) is 2.03. The lowest BCUT2D eigenvalue weighted by Crippen LogP contribution is -2.26. The van der Waals surface area contributed by atoms with Gasteiger partial charge in [-0.1, -0.05) is 41.3 Å². The lowest BCUT2D eigenvalue weighted by molar-refractivity contribution is 0.0769. The van der Waals surface area contributed by atoms with Crippen molar-refractivity contribution < 1.29 is 9.32 Å². The van der Waals surface area contributed by atoms with Gasteiger partial charge in [0.1, 0.15) is 0 Å². The summed E-state index contributed by atoms with van der Waals surface area (Å²) < 4.78 is 5.05. The molecule has 1 heterocycles. The van der Waals surface area contributed by atoms with Crippen LogP contribution < -0.4 is 0 Å². The predicted octanol–water partition coefficient (Wildman–Crippen LogP) is 3.21. The van der Waals surface area contributed by atoms with Gasteiger partial charge >= 0.3 is 0 Å².